The highest BCUT2D eigenvalue weighted by atomic mass is 32.2. The van der Waals surface area contributed by atoms with E-state index in [9.17, 15) is 8.42 Å². The summed E-state index contributed by atoms with van der Waals surface area (Å²) in [6.45, 7) is 1.66. The molecule has 0 aromatic rings. The summed E-state index contributed by atoms with van der Waals surface area (Å²) in [6.07, 6.45) is 2.66. The Balaban J connectivity index is 2.36. The fourth-order valence-electron chi connectivity index (χ4n) is 1.47. The highest BCUT2D eigenvalue weighted by Crippen LogP contribution is 2.13. The Bertz CT molecular complexity index is 265. The number of hydrogen-bond acceptors (Lipinski definition) is 4. The predicted octanol–water partition coefficient (Wildman–Crippen LogP) is 0.423. The molecular weight excluding hydrogens is 218 g/mol. The third-order valence-electron chi connectivity index (χ3n) is 2.37. The van der Waals surface area contributed by atoms with E-state index >= 15 is 0 Å². The van der Waals surface area contributed by atoms with Crippen molar-refractivity contribution >= 4 is 10.0 Å². The fourth-order valence-corrected chi connectivity index (χ4v) is 2.94. The standard InChI is InChI=1S/C9H19NO4S/c1-13-6-7-14-9-10-5-3-2-4-8-15(10,11)12/h2-9H2,1H3. The third-order valence-corrected chi connectivity index (χ3v) is 4.25. The molecule has 0 N–H and O–H groups in total. The molecule has 0 radical (unpaired) electrons. The van der Waals surface area contributed by atoms with Crippen molar-refractivity contribution < 1.29 is 17.9 Å². The van der Waals surface area contributed by atoms with E-state index in [0.29, 0.717) is 19.8 Å². The zero-order valence-corrected chi connectivity index (χ0v) is 9.96. The minimum Gasteiger partial charge on any atom is -0.382 e. The normalized spacial score (nSPS) is 22.5. The molecule has 0 saturated carbocycles. The van der Waals surface area contributed by atoms with Crippen molar-refractivity contribution in [1.82, 2.24) is 4.31 Å². The van der Waals surface area contributed by atoms with Crippen molar-refractivity contribution in [3.63, 3.8) is 0 Å². The molecule has 0 spiro atoms. The first kappa shape index (κ1) is 12.9. The summed E-state index contributed by atoms with van der Waals surface area (Å²) in [7, 11) is -1.49. The van der Waals surface area contributed by atoms with Crippen LogP contribution >= 0.6 is 0 Å². The van der Waals surface area contributed by atoms with E-state index in [1.807, 2.05) is 0 Å². The van der Waals surface area contributed by atoms with Crippen molar-refractivity contribution in [1.29, 1.82) is 0 Å². The average Bonchev–Trinajstić information content (AvgIpc) is 2.35. The second-order valence-electron chi connectivity index (χ2n) is 3.58. The number of methoxy groups -OCH3 is 1. The van der Waals surface area contributed by atoms with Crippen LogP contribution in [0.1, 0.15) is 19.3 Å². The molecule has 0 unspecified atom stereocenters. The van der Waals surface area contributed by atoms with Crippen LogP contribution in [0.2, 0.25) is 0 Å². The molecule has 1 fully saturated rings. The maximum atomic E-state index is 11.7. The molecule has 1 aliphatic rings. The second kappa shape index (κ2) is 6.42. The Morgan fingerprint density at radius 2 is 2.00 bits per heavy atom. The van der Waals surface area contributed by atoms with Crippen LogP contribution < -0.4 is 0 Å². The zero-order valence-electron chi connectivity index (χ0n) is 9.15. The minimum atomic E-state index is -3.08. The lowest BCUT2D eigenvalue weighted by Crippen LogP contribution is -2.34. The molecule has 6 heteroatoms. The summed E-state index contributed by atoms with van der Waals surface area (Å²) in [5.41, 5.74) is 0. The lowest BCUT2D eigenvalue weighted by Gasteiger charge is -2.19. The van der Waals surface area contributed by atoms with Crippen LogP contribution in [0.15, 0.2) is 0 Å². The quantitative estimate of drug-likeness (QED) is 0.650. The third kappa shape index (κ3) is 4.46. The lowest BCUT2D eigenvalue weighted by atomic mass is 10.2. The smallest absolute Gasteiger partial charge is 0.216 e. The molecule has 0 aliphatic carbocycles. The number of nitrogens with zero attached hydrogens (tertiary/aromatic N) is 1. The van der Waals surface area contributed by atoms with E-state index in [0.717, 1.165) is 19.3 Å². The van der Waals surface area contributed by atoms with E-state index in [-0.39, 0.29) is 12.5 Å². The summed E-state index contributed by atoms with van der Waals surface area (Å²) in [5, 5.41) is 0. The molecule has 0 aromatic heterocycles. The lowest BCUT2D eigenvalue weighted by molar-refractivity contribution is 0.0332. The molecule has 1 rings (SSSR count). The Hall–Kier alpha value is -0.170. The van der Waals surface area contributed by atoms with Crippen molar-refractivity contribution in [2.24, 2.45) is 0 Å². The first-order chi connectivity index (χ1) is 7.17. The highest BCUT2D eigenvalue weighted by Gasteiger charge is 2.23. The van der Waals surface area contributed by atoms with Gasteiger partial charge in [-0.1, -0.05) is 6.42 Å². The van der Waals surface area contributed by atoms with Gasteiger partial charge >= 0.3 is 0 Å². The van der Waals surface area contributed by atoms with E-state index in [4.69, 9.17) is 9.47 Å². The van der Waals surface area contributed by atoms with E-state index < -0.39 is 10.0 Å². The van der Waals surface area contributed by atoms with Gasteiger partial charge in [0.15, 0.2) is 0 Å². The molecule has 5 nitrogen and oxygen atoms in total. The van der Waals surface area contributed by atoms with Gasteiger partial charge < -0.3 is 9.47 Å². The SMILES string of the molecule is COCCOCN1CCCCCS1(=O)=O. The average molecular weight is 237 g/mol. The Morgan fingerprint density at radius 3 is 2.73 bits per heavy atom. The maximum absolute atomic E-state index is 11.7. The van der Waals surface area contributed by atoms with Gasteiger partial charge in [-0.3, -0.25) is 0 Å². The first-order valence-electron chi connectivity index (χ1n) is 5.21. The summed E-state index contributed by atoms with van der Waals surface area (Å²) in [4.78, 5) is 0. The van der Waals surface area contributed by atoms with Crippen molar-refractivity contribution in [2.45, 2.75) is 19.3 Å². The van der Waals surface area contributed by atoms with Gasteiger partial charge in [-0.05, 0) is 12.8 Å². The summed E-state index contributed by atoms with van der Waals surface area (Å²) in [5.74, 6) is 0.251. The zero-order chi connectivity index (χ0) is 11.1. The van der Waals surface area contributed by atoms with Crippen LogP contribution in [-0.4, -0.2) is 52.1 Å². The van der Waals surface area contributed by atoms with E-state index in [1.54, 1.807) is 7.11 Å². The van der Waals surface area contributed by atoms with Gasteiger partial charge in [-0.15, -0.1) is 0 Å². The van der Waals surface area contributed by atoms with Crippen LogP contribution in [0, 0.1) is 0 Å². The molecule has 0 aromatic carbocycles. The number of hydrogen-bond donors (Lipinski definition) is 0. The maximum Gasteiger partial charge on any atom is 0.216 e. The number of ether oxygens (including phenoxy) is 2. The Morgan fingerprint density at radius 1 is 1.20 bits per heavy atom. The molecule has 90 valence electrons. The van der Waals surface area contributed by atoms with Gasteiger partial charge in [-0.2, -0.15) is 4.31 Å². The van der Waals surface area contributed by atoms with Crippen LogP contribution in [0.25, 0.3) is 0 Å². The molecule has 0 bridgehead atoms. The Kier molecular flexibility index (Phi) is 5.52. The van der Waals surface area contributed by atoms with Gasteiger partial charge in [0.25, 0.3) is 0 Å². The molecule has 1 heterocycles. The highest BCUT2D eigenvalue weighted by molar-refractivity contribution is 7.89. The molecule has 15 heavy (non-hydrogen) atoms. The van der Waals surface area contributed by atoms with Crippen LogP contribution in [0.4, 0.5) is 0 Å². The van der Waals surface area contributed by atoms with Crippen molar-refractivity contribution in [3.05, 3.63) is 0 Å². The number of rotatable bonds is 5. The van der Waals surface area contributed by atoms with Gasteiger partial charge in [0.2, 0.25) is 10.0 Å². The summed E-state index contributed by atoms with van der Waals surface area (Å²) >= 11 is 0. The molecule has 0 amide bonds. The molecule has 0 atom stereocenters. The summed E-state index contributed by atoms with van der Waals surface area (Å²) < 4.78 is 34.8. The number of sulfonamides is 1. The van der Waals surface area contributed by atoms with Gasteiger partial charge in [-0.25, -0.2) is 8.42 Å². The van der Waals surface area contributed by atoms with Crippen LogP contribution in [-0.2, 0) is 19.5 Å². The fraction of sp³-hybridized carbons (Fsp3) is 1.00. The summed E-state index contributed by atoms with van der Waals surface area (Å²) in [6, 6.07) is 0. The first-order valence-corrected chi connectivity index (χ1v) is 6.82. The molecule has 1 aliphatic heterocycles. The van der Waals surface area contributed by atoms with Crippen molar-refractivity contribution in [3.8, 4) is 0 Å². The molecule has 1 saturated heterocycles. The van der Waals surface area contributed by atoms with Crippen molar-refractivity contribution in [2.75, 3.05) is 39.4 Å². The van der Waals surface area contributed by atoms with E-state index in [1.165, 1.54) is 4.31 Å². The monoisotopic (exact) mass is 237 g/mol. The topological polar surface area (TPSA) is 55.8 Å². The predicted molar refractivity (Wildman–Crippen MR) is 57.0 cm³/mol. The van der Waals surface area contributed by atoms with Crippen LogP contribution in [0.3, 0.4) is 0 Å². The molecular formula is C9H19NO4S. The minimum absolute atomic E-state index is 0.158. The Labute approximate surface area is 91.4 Å². The van der Waals surface area contributed by atoms with Gasteiger partial charge in [0, 0.05) is 13.7 Å². The van der Waals surface area contributed by atoms with E-state index in [2.05, 4.69) is 0 Å². The van der Waals surface area contributed by atoms with Gasteiger partial charge in [0.05, 0.1) is 19.0 Å². The second-order valence-corrected chi connectivity index (χ2v) is 5.67. The largest absolute Gasteiger partial charge is 0.382 e. The van der Waals surface area contributed by atoms with Crippen LogP contribution in [0.5, 0.6) is 0 Å². The van der Waals surface area contributed by atoms with Gasteiger partial charge in [0.1, 0.15) is 6.73 Å².